The summed E-state index contributed by atoms with van der Waals surface area (Å²) in [7, 11) is 0. The highest BCUT2D eigenvalue weighted by molar-refractivity contribution is 5.74. The first-order valence-electron chi connectivity index (χ1n) is 7.99. The molecule has 19 heavy (non-hydrogen) atoms. The fourth-order valence-electron chi connectivity index (χ4n) is 2.60. The summed E-state index contributed by atoms with van der Waals surface area (Å²) >= 11 is 0. The highest BCUT2D eigenvalue weighted by atomic mass is 16.2. The number of amides is 2. The zero-order valence-corrected chi connectivity index (χ0v) is 12.7. The predicted molar refractivity (Wildman–Crippen MR) is 80.4 cm³/mol. The van der Waals surface area contributed by atoms with Crippen LogP contribution in [-0.2, 0) is 0 Å². The molecule has 1 rings (SSSR count). The molecular weight excluding hydrogens is 238 g/mol. The minimum atomic E-state index is -0.0130. The second kappa shape index (κ2) is 10.1. The second-order valence-electron chi connectivity index (χ2n) is 5.72. The van der Waals surface area contributed by atoms with Crippen molar-refractivity contribution in [3.63, 3.8) is 0 Å². The number of carbonyl (C=O) groups is 1. The average Bonchev–Trinajstić information content (AvgIpc) is 2.39. The average molecular weight is 269 g/mol. The fourth-order valence-corrected chi connectivity index (χ4v) is 2.60. The molecule has 2 N–H and O–H groups in total. The van der Waals surface area contributed by atoms with Gasteiger partial charge in [-0.2, -0.15) is 0 Å². The lowest BCUT2D eigenvalue weighted by atomic mass is 10.1. The number of likely N-dealkylation sites (tertiary alicyclic amines) is 1. The summed E-state index contributed by atoms with van der Waals surface area (Å²) in [6, 6.07) is 0.217. The van der Waals surface area contributed by atoms with E-state index in [1.807, 2.05) is 0 Å². The van der Waals surface area contributed by atoms with Crippen molar-refractivity contribution in [1.29, 1.82) is 0 Å². The Morgan fingerprint density at radius 2 is 1.89 bits per heavy atom. The summed E-state index contributed by atoms with van der Waals surface area (Å²) in [6.07, 6.45) is 8.75. The Balaban J connectivity index is 2.03. The van der Waals surface area contributed by atoms with Gasteiger partial charge in [-0.3, -0.25) is 0 Å². The van der Waals surface area contributed by atoms with Crippen LogP contribution in [0.3, 0.4) is 0 Å². The summed E-state index contributed by atoms with van der Waals surface area (Å²) in [5.41, 5.74) is 0. The van der Waals surface area contributed by atoms with E-state index in [9.17, 15) is 4.79 Å². The van der Waals surface area contributed by atoms with Gasteiger partial charge >= 0.3 is 6.03 Å². The number of urea groups is 1. The molecule has 4 nitrogen and oxygen atoms in total. The van der Waals surface area contributed by atoms with E-state index in [1.165, 1.54) is 51.6 Å². The molecule has 0 bridgehead atoms. The monoisotopic (exact) mass is 269 g/mol. The lowest BCUT2D eigenvalue weighted by Gasteiger charge is -2.29. The first-order valence-corrected chi connectivity index (χ1v) is 7.99. The van der Waals surface area contributed by atoms with Crippen LogP contribution in [0.2, 0.25) is 0 Å². The van der Waals surface area contributed by atoms with Crippen LogP contribution in [0.4, 0.5) is 4.79 Å². The Morgan fingerprint density at radius 1 is 1.16 bits per heavy atom. The van der Waals surface area contributed by atoms with Gasteiger partial charge in [0.1, 0.15) is 0 Å². The van der Waals surface area contributed by atoms with Crippen LogP contribution >= 0.6 is 0 Å². The quantitative estimate of drug-likeness (QED) is 0.666. The van der Waals surface area contributed by atoms with Gasteiger partial charge in [0.25, 0.3) is 0 Å². The summed E-state index contributed by atoms with van der Waals surface area (Å²) < 4.78 is 0. The van der Waals surface area contributed by atoms with Crippen LogP contribution in [0.15, 0.2) is 0 Å². The van der Waals surface area contributed by atoms with Crippen molar-refractivity contribution in [2.45, 2.75) is 64.8 Å². The van der Waals surface area contributed by atoms with Gasteiger partial charge < -0.3 is 15.5 Å². The molecule has 1 aliphatic rings. The van der Waals surface area contributed by atoms with Crippen molar-refractivity contribution in [2.75, 3.05) is 26.2 Å². The second-order valence-corrected chi connectivity index (χ2v) is 5.72. The van der Waals surface area contributed by atoms with E-state index in [2.05, 4.69) is 29.4 Å². The van der Waals surface area contributed by atoms with Gasteiger partial charge in [0.05, 0.1) is 0 Å². The fraction of sp³-hybridized carbons (Fsp3) is 0.933. The minimum Gasteiger partial charge on any atom is -0.338 e. The maximum atomic E-state index is 11.7. The van der Waals surface area contributed by atoms with Crippen molar-refractivity contribution in [3.05, 3.63) is 0 Å². The third-order valence-electron chi connectivity index (χ3n) is 3.67. The molecule has 0 aromatic heterocycles. The van der Waals surface area contributed by atoms with E-state index in [-0.39, 0.29) is 12.1 Å². The van der Waals surface area contributed by atoms with Crippen LogP contribution in [-0.4, -0.2) is 43.2 Å². The lowest BCUT2D eigenvalue weighted by molar-refractivity contribution is 0.203. The molecule has 4 heteroatoms. The highest BCUT2D eigenvalue weighted by Crippen LogP contribution is 2.08. The van der Waals surface area contributed by atoms with Crippen LogP contribution in [0.5, 0.6) is 0 Å². The van der Waals surface area contributed by atoms with Crippen molar-refractivity contribution in [2.24, 2.45) is 0 Å². The van der Waals surface area contributed by atoms with Crippen molar-refractivity contribution in [1.82, 2.24) is 15.5 Å². The zero-order valence-electron chi connectivity index (χ0n) is 12.7. The molecular formula is C15H31N3O. The number of rotatable bonds is 8. The maximum Gasteiger partial charge on any atom is 0.315 e. The van der Waals surface area contributed by atoms with Crippen LogP contribution in [0, 0.1) is 0 Å². The number of piperidine rings is 1. The molecule has 112 valence electrons. The Bertz CT molecular complexity index is 240. The molecule has 0 spiro atoms. The van der Waals surface area contributed by atoms with Gasteiger partial charge in [0.15, 0.2) is 0 Å². The van der Waals surface area contributed by atoms with Gasteiger partial charge in [-0.1, -0.05) is 32.6 Å². The molecule has 1 fully saturated rings. The van der Waals surface area contributed by atoms with Gasteiger partial charge in [-0.05, 0) is 39.3 Å². The predicted octanol–water partition coefficient (Wildman–Crippen LogP) is 2.74. The Hall–Kier alpha value is -0.770. The van der Waals surface area contributed by atoms with Crippen LogP contribution < -0.4 is 10.6 Å². The number of carbonyl (C=O) groups excluding carboxylic acids is 1. The molecule has 1 heterocycles. The molecule has 0 aliphatic carbocycles. The standard InChI is InChI=1S/C15H31N3O/c1-3-4-5-7-10-16-15(19)17-14(2)13-18-11-8-6-9-12-18/h14H,3-13H2,1-2H3,(H2,16,17,19). The summed E-state index contributed by atoms with van der Waals surface area (Å²) in [4.78, 5) is 14.1. The zero-order chi connectivity index (χ0) is 13.9. The van der Waals surface area contributed by atoms with Crippen LogP contribution in [0.25, 0.3) is 0 Å². The third-order valence-corrected chi connectivity index (χ3v) is 3.67. The maximum absolute atomic E-state index is 11.7. The Labute approximate surface area is 118 Å². The first-order chi connectivity index (χ1) is 9.22. The van der Waals surface area contributed by atoms with E-state index < -0.39 is 0 Å². The first kappa shape index (κ1) is 16.3. The smallest absolute Gasteiger partial charge is 0.315 e. The van der Waals surface area contributed by atoms with Gasteiger partial charge in [-0.25, -0.2) is 4.79 Å². The largest absolute Gasteiger partial charge is 0.338 e. The molecule has 0 saturated carbocycles. The third kappa shape index (κ3) is 8.09. The number of unbranched alkanes of at least 4 members (excludes halogenated alkanes) is 3. The molecule has 0 aromatic carbocycles. The van der Waals surface area contributed by atoms with Crippen molar-refractivity contribution >= 4 is 6.03 Å². The van der Waals surface area contributed by atoms with Crippen molar-refractivity contribution < 1.29 is 4.79 Å². The number of nitrogens with one attached hydrogen (secondary N) is 2. The van der Waals surface area contributed by atoms with Crippen LogP contribution in [0.1, 0.15) is 58.8 Å². The summed E-state index contributed by atoms with van der Waals surface area (Å²) in [5.74, 6) is 0. The molecule has 1 saturated heterocycles. The highest BCUT2D eigenvalue weighted by Gasteiger charge is 2.14. The lowest BCUT2D eigenvalue weighted by Crippen LogP contribution is -2.47. The normalized spacial score (nSPS) is 18.0. The molecule has 1 aliphatic heterocycles. The molecule has 1 unspecified atom stereocenters. The van der Waals surface area contributed by atoms with Crippen molar-refractivity contribution in [3.8, 4) is 0 Å². The summed E-state index contributed by atoms with van der Waals surface area (Å²) in [5, 5.41) is 5.97. The Morgan fingerprint density at radius 3 is 2.58 bits per heavy atom. The van der Waals surface area contributed by atoms with E-state index >= 15 is 0 Å². The van der Waals surface area contributed by atoms with E-state index in [1.54, 1.807) is 0 Å². The topological polar surface area (TPSA) is 44.4 Å². The molecule has 2 amide bonds. The number of hydrogen-bond acceptors (Lipinski definition) is 2. The number of hydrogen-bond donors (Lipinski definition) is 2. The minimum absolute atomic E-state index is 0.0130. The van der Waals surface area contributed by atoms with E-state index in [4.69, 9.17) is 0 Å². The molecule has 1 atom stereocenters. The van der Waals surface area contributed by atoms with E-state index in [0.717, 1.165) is 19.5 Å². The number of nitrogens with zero attached hydrogens (tertiary/aromatic N) is 1. The van der Waals surface area contributed by atoms with Gasteiger partial charge in [0, 0.05) is 19.1 Å². The SMILES string of the molecule is CCCCCCNC(=O)NC(C)CN1CCCCC1. The molecule has 0 aromatic rings. The molecule has 0 radical (unpaired) electrons. The summed E-state index contributed by atoms with van der Waals surface area (Å²) in [6.45, 7) is 8.43. The van der Waals surface area contributed by atoms with E-state index in [0.29, 0.717) is 0 Å². The van der Waals surface area contributed by atoms with Gasteiger partial charge in [0.2, 0.25) is 0 Å². The van der Waals surface area contributed by atoms with Gasteiger partial charge in [-0.15, -0.1) is 0 Å². The Kier molecular flexibility index (Phi) is 8.63.